The molecule has 0 saturated carbocycles. The Morgan fingerprint density at radius 3 is 0.558 bits per heavy atom. The first-order chi connectivity index (χ1) is 58.5. The predicted octanol–water partition coefficient (Wildman–Crippen LogP) is 26.9. The molecule has 0 atom stereocenters. The molecular weight excluding hydrogens is 1680 g/mol. The fourth-order valence-electron chi connectivity index (χ4n) is 16.3. The molecule has 0 aliphatic heterocycles. The molecule has 6 aromatic heterocycles. The fraction of sp³-hybridized carbons (Fsp3) is 0.235. The Kier molecular flexibility index (Phi) is 29.0. The van der Waals surface area contributed by atoms with Crippen LogP contribution in [0.25, 0.3) is 121 Å². The minimum absolute atomic E-state index is 0.527. The fourth-order valence-corrected chi connectivity index (χ4v) is 35.8. The van der Waals surface area contributed by atoms with E-state index in [1.165, 1.54) is 128 Å². The van der Waals surface area contributed by atoms with Crippen molar-refractivity contribution in [1.29, 1.82) is 0 Å². The number of hydrogen-bond acceptors (Lipinski definition) is 12. The average Bonchev–Trinajstić information content (AvgIpc) is 1.57. The van der Waals surface area contributed by atoms with Crippen LogP contribution in [0.3, 0.4) is 0 Å². The van der Waals surface area contributed by atoms with E-state index >= 15 is 0 Å². The van der Waals surface area contributed by atoms with Gasteiger partial charge in [-0.2, -0.15) is 0 Å². The van der Waals surface area contributed by atoms with Crippen molar-refractivity contribution >= 4 is 237 Å². The molecule has 18 heteroatoms. The van der Waals surface area contributed by atoms with Gasteiger partial charge in [-0.05, 0) is 72.7 Å². The van der Waals surface area contributed by atoms with E-state index in [0.29, 0.717) is 37.4 Å². The number of benzene rings is 9. The highest BCUT2D eigenvalue weighted by molar-refractivity contribution is 7.30. The predicted molar refractivity (Wildman–Crippen MR) is 548 cm³/mol. The largest absolute Gasteiger partial charge is 0.387 e. The van der Waals surface area contributed by atoms with Gasteiger partial charge in [0.25, 0.3) is 0 Å². The third kappa shape index (κ3) is 17.1. The molecule has 606 valence electrons. The van der Waals surface area contributed by atoms with Gasteiger partial charge in [-0.25, -0.2) is 0 Å². The zero-order valence-electron chi connectivity index (χ0n) is 70.9. The summed E-state index contributed by atoms with van der Waals surface area (Å²) >= 11 is 10.9. The van der Waals surface area contributed by atoms with Gasteiger partial charge in [0.2, 0.25) is 32.3 Å². The number of thiophene rings is 6. The van der Waals surface area contributed by atoms with E-state index in [0.717, 1.165) is 62.6 Å². The summed E-state index contributed by atoms with van der Waals surface area (Å²) in [7, 11) is -2.40. The van der Waals surface area contributed by atoms with E-state index in [4.69, 9.17) is 28.4 Å². The first kappa shape index (κ1) is 88.9. The number of hydrogen-bond donors (Lipinski definition) is 0. The minimum Gasteiger partial charge on any atom is -0.387 e. The van der Waals surface area contributed by atoms with Crippen molar-refractivity contribution in [3.05, 3.63) is 253 Å². The molecule has 0 aliphatic carbocycles. The Morgan fingerprint density at radius 1 is 0.242 bits per heavy atom. The van der Waals surface area contributed by atoms with Crippen LogP contribution >= 0.6 is 68.0 Å². The molecule has 15 aromatic rings. The molecule has 15 rings (SSSR count). The summed E-state index contributed by atoms with van der Waals surface area (Å²) in [5, 5.41) is 14.7. The van der Waals surface area contributed by atoms with Crippen LogP contribution in [0.1, 0.15) is 74.9 Å². The molecule has 0 unspecified atom stereocenters. The van der Waals surface area contributed by atoms with Crippen molar-refractivity contribution in [3.63, 3.8) is 0 Å². The summed E-state index contributed by atoms with van der Waals surface area (Å²) in [4.78, 5) is 0. The van der Waals surface area contributed by atoms with E-state index < -0.39 is 48.4 Å². The molecule has 0 N–H and O–H groups in total. The Hall–Kier alpha value is -8.84. The van der Waals surface area contributed by atoms with Crippen LogP contribution < -0.4 is 0 Å². The average molecular weight is 1780 g/mol. The lowest BCUT2D eigenvalue weighted by molar-refractivity contribution is 0.193. The lowest BCUT2D eigenvalue weighted by Gasteiger charge is -2.23. The van der Waals surface area contributed by atoms with Gasteiger partial charge in [0.15, 0.2) is 0 Å². The number of ether oxygens (including phenoxy) is 6. The van der Waals surface area contributed by atoms with E-state index in [9.17, 15) is 0 Å². The number of methoxy groups -OCH3 is 6. The van der Waals surface area contributed by atoms with Crippen LogP contribution in [0, 0.1) is 68.8 Å². The first-order valence-corrected chi connectivity index (χ1v) is 60.6. The second-order valence-corrected chi connectivity index (χ2v) is 60.7. The van der Waals surface area contributed by atoms with Gasteiger partial charge >= 0.3 is 0 Å². The second kappa shape index (κ2) is 39.1. The maximum absolute atomic E-state index is 5.68. The summed E-state index contributed by atoms with van der Waals surface area (Å²) in [6.45, 7) is 38.4. The van der Waals surface area contributed by atoms with E-state index in [1.807, 2.05) is 56.9 Å². The quantitative estimate of drug-likeness (QED) is 0.0444. The van der Waals surface area contributed by atoms with Gasteiger partial charge in [-0.15, -0.1) is 141 Å². The highest BCUT2D eigenvalue weighted by Gasteiger charge is 2.36. The summed E-state index contributed by atoms with van der Waals surface area (Å²) in [6.07, 6.45) is 3.16. The van der Waals surface area contributed by atoms with Crippen LogP contribution in [-0.2, 0) is 28.4 Å². The molecule has 120 heavy (non-hydrogen) atoms. The molecule has 0 spiro atoms. The maximum Gasteiger partial charge on any atom is 0.217 e. The standard InChI is InChI=1S/C34H38O6S2Si2.C34H38S2Si2.C34H26S2Si2/c1-35-19-43(20-36-2,21-37-3)17-15-27-31-25-11-7-9-13-29(25)42-34(31)28(16-18-44(22-38-4,23-39-5)24-40-6)32-26-12-8-10-14-30(26)41-33(27)32;2*1-7-37(8-2,9-3)23-21-27-31-25-17-13-15-19-29(25)36-34(31)28(22-24-38(10-4,11-5)12-6)32-26-18-14-16-20-30(26)35-33(27)32/h7-14H,19-24H2,1-6H3;13-20H,7-12H2,1-6H3;7-20H,1-6H2. The Morgan fingerprint density at radius 2 is 0.400 bits per heavy atom. The topological polar surface area (TPSA) is 55.4 Å². The van der Waals surface area contributed by atoms with Gasteiger partial charge in [0, 0.05) is 135 Å². The lowest BCUT2D eigenvalue weighted by atomic mass is 9.98. The van der Waals surface area contributed by atoms with E-state index in [1.54, 1.807) is 88.0 Å². The Balaban J connectivity index is 0.000000156. The van der Waals surface area contributed by atoms with Crippen molar-refractivity contribution in [2.45, 2.75) is 77.8 Å². The molecular formula is C102H102O6S6Si6. The maximum atomic E-state index is 5.68. The molecule has 0 aliphatic rings. The molecule has 0 radical (unpaired) electrons. The third-order valence-electron chi connectivity index (χ3n) is 23.7. The van der Waals surface area contributed by atoms with Crippen LogP contribution in [0.15, 0.2) is 219 Å². The summed E-state index contributed by atoms with van der Waals surface area (Å²) in [6, 6.07) is 59.3. The van der Waals surface area contributed by atoms with Gasteiger partial charge in [0.1, 0.15) is 16.1 Å². The molecule has 0 fully saturated rings. The summed E-state index contributed by atoms with van der Waals surface area (Å²) in [5.74, 6) is 22.4. The first-order valence-electron chi connectivity index (χ1n) is 40.8. The lowest BCUT2D eigenvalue weighted by Crippen LogP contribution is -2.49. The van der Waals surface area contributed by atoms with Crippen LogP contribution in [0.4, 0.5) is 0 Å². The molecule has 0 amide bonds. The Bertz CT molecular complexity index is 6420. The third-order valence-corrected chi connectivity index (χ3v) is 51.8. The van der Waals surface area contributed by atoms with E-state index in [2.05, 4.69) is 295 Å². The summed E-state index contributed by atoms with van der Waals surface area (Å²) < 4.78 is 48.9. The normalized spacial score (nSPS) is 11.9. The minimum atomic E-state index is -2.40. The highest BCUT2D eigenvalue weighted by Crippen LogP contribution is 2.51. The van der Waals surface area contributed by atoms with Crippen LogP contribution in [0.2, 0.25) is 36.3 Å². The molecule has 6 nitrogen and oxygen atoms in total. The molecule has 0 bridgehead atoms. The van der Waals surface area contributed by atoms with Gasteiger partial charge in [-0.1, -0.05) is 220 Å². The van der Waals surface area contributed by atoms with E-state index in [-0.39, 0.29) is 0 Å². The van der Waals surface area contributed by atoms with Crippen molar-refractivity contribution in [2.75, 3.05) is 80.0 Å². The van der Waals surface area contributed by atoms with Gasteiger partial charge in [-0.3, -0.25) is 0 Å². The molecule has 9 aromatic carbocycles. The molecule has 0 saturated heterocycles. The highest BCUT2D eigenvalue weighted by atomic mass is 32.1. The van der Waals surface area contributed by atoms with Crippen LogP contribution in [0.5, 0.6) is 0 Å². The van der Waals surface area contributed by atoms with Crippen molar-refractivity contribution in [2.24, 2.45) is 0 Å². The van der Waals surface area contributed by atoms with Crippen molar-refractivity contribution < 1.29 is 28.4 Å². The zero-order chi connectivity index (χ0) is 85.0. The zero-order valence-corrected chi connectivity index (χ0v) is 81.8. The van der Waals surface area contributed by atoms with Gasteiger partial charge in [0.05, 0.1) is 99.0 Å². The molecule has 6 heterocycles. The SMILES string of the molecule is C=C[Si](C#Cc1c2sc3ccccc3c2c(C#C[Si](C=C)(C=C)C=C)c2sc3ccccc3c12)(C=C)C=C.CC[Si](C#Cc1c2sc3ccccc3c2c(C#C[Si](CC)(CC)CC)c2sc3ccccc3c12)(CC)CC.COC[Si](C#Cc1c2sc3ccccc3c2c(C#C[Si](COC)(COC)COC)c2sc3ccccc3c12)(COC)COC. The van der Waals surface area contributed by atoms with Crippen molar-refractivity contribution in [1.82, 2.24) is 0 Å². The monoisotopic (exact) mass is 1780 g/mol. The number of fused-ring (bicyclic) bond motifs is 18. The number of rotatable bonds is 24. The van der Waals surface area contributed by atoms with Crippen LogP contribution in [-0.4, -0.2) is 128 Å². The second-order valence-electron chi connectivity index (χ2n) is 30.5. The van der Waals surface area contributed by atoms with Gasteiger partial charge < -0.3 is 28.4 Å². The van der Waals surface area contributed by atoms with Crippen molar-refractivity contribution in [3.8, 4) is 68.8 Å². The smallest absolute Gasteiger partial charge is 0.217 e. The Labute approximate surface area is 738 Å². The summed E-state index contributed by atoms with van der Waals surface area (Å²) in [5.41, 5.74) is 40.7.